The minimum Gasteiger partial charge on any atom is -0.369 e. The third-order valence-corrected chi connectivity index (χ3v) is 4.53. The largest absolute Gasteiger partial charge is 0.369 e. The standard InChI is InChI=1S/C16H22N4O2/c17-14(21)12-5-4-10-20(11-12)16(22)13-6-3-7-18-15(13)19-8-1-2-9-19/h3,6-7,12H,1-2,4-5,8-11H2,(H2,17,21). The molecule has 3 rings (SSSR count). The monoisotopic (exact) mass is 302 g/mol. The fourth-order valence-electron chi connectivity index (χ4n) is 3.31. The molecule has 0 radical (unpaired) electrons. The van der Waals surface area contributed by atoms with Gasteiger partial charge in [-0.1, -0.05) is 0 Å². The number of piperidine rings is 1. The molecule has 1 atom stereocenters. The Morgan fingerprint density at radius 2 is 1.95 bits per heavy atom. The highest BCUT2D eigenvalue weighted by Gasteiger charge is 2.30. The van der Waals surface area contributed by atoms with Crippen molar-refractivity contribution < 1.29 is 9.59 Å². The molecule has 2 saturated heterocycles. The van der Waals surface area contributed by atoms with Crippen molar-refractivity contribution in [3.8, 4) is 0 Å². The number of primary amides is 1. The van der Waals surface area contributed by atoms with Gasteiger partial charge in [-0.25, -0.2) is 4.98 Å². The van der Waals surface area contributed by atoms with Gasteiger partial charge >= 0.3 is 0 Å². The summed E-state index contributed by atoms with van der Waals surface area (Å²) in [5, 5.41) is 0. The fourth-order valence-corrected chi connectivity index (χ4v) is 3.31. The summed E-state index contributed by atoms with van der Waals surface area (Å²) in [6.07, 6.45) is 5.59. The van der Waals surface area contributed by atoms with Crippen molar-refractivity contribution in [3.63, 3.8) is 0 Å². The molecule has 0 aliphatic carbocycles. The molecule has 2 aliphatic heterocycles. The molecule has 0 bridgehead atoms. The van der Waals surface area contributed by atoms with Crippen LogP contribution in [0.5, 0.6) is 0 Å². The molecule has 118 valence electrons. The molecule has 0 aromatic carbocycles. The van der Waals surface area contributed by atoms with E-state index in [0.717, 1.165) is 44.6 Å². The third kappa shape index (κ3) is 2.91. The van der Waals surface area contributed by atoms with E-state index in [-0.39, 0.29) is 17.7 Å². The maximum absolute atomic E-state index is 12.9. The number of nitrogens with zero attached hydrogens (tertiary/aromatic N) is 3. The van der Waals surface area contributed by atoms with Crippen molar-refractivity contribution in [3.05, 3.63) is 23.9 Å². The van der Waals surface area contributed by atoms with Gasteiger partial charge in [-0.15, -0.1) is 0 Å². The molecule has 22 heavy (non-hydrogen) atoms. The Kier molecular flexibility index (Phi) is 4.27. The van der Waals surface area contributed by atoms with Crippen molar-refractivity contribution in [2.45, 2.75) is 25.7 Å². The fraction of sp³-hybridized carbons (Fsp3) is 0.562. The number of amides is 2. The number of pyridine rings is 1. The second-order valence-electron chi connectivity index (χ2n) is 6.06. The Bertz CT molecular complexity index is 569. The number of nitrogens with two attached hydrogens (primary N) is 1. The van der Waals surface area contributed by atoms with Crippen LogP contribution in [0.25, 0.3) is 0 Å². The van der Waals surface area contributed by atoms with Gasteiger partial charge in [0.05, 0.1) is 11.5 Å². The lowest BCUT2D eigenvalue weighted by Crippen LogP contribution is -2.44. The van der Waals surface area contributed by atoms with Gasteiger partial charge in [0.15, 0.2) is 0 Å². The summed E-state index contributed by atoms with van der Waals surface area (Å²) in [5.41, 5.74) is 6.03. The number of carbonyl (C=O) groups excluding carboxylic acids is 2. The zero-order valence-corrected chi connectivity index (χ0v) is 12.7. The Hall–Kier alpha value is -2.11. The van der Waals surface area contributed by atoms with Gasteiger partial charge in [0.2, 0.25) is 5.91 Å². The Morgan fingerprint density at radius 3 is 2.68 bits per heavy atom. The quantitative estimate of drug-likeness (QED) is 0.904. The van der Waals surface area contributed by atoms with Crippen molar-refractivity contribution in [1.82, 2.24) is 9.88 Å². The van der Waals surface area contributed by atoms with Gasteiger partial charge in [0, 0.05) is 32.4 Å². The molecule has 1 unspecified atom stereocenters. The summed E-state index contributed by atoms with van der Waals surface area (Å²) in [6.45, 7) is 2.99. The van der Waals surface area contributed by atoms with E-state index in [1.54, 1.807) is 17.2 Å². The van der Waals surface area contributed by atoms with Crippen LogP contribution in [-0.2, 0) is 4.79 Å². The predicted molar refractivity (Wildman–Crippen MR) is 83.5 cm³/mol. The van der Waals surface area contributed by atoms with E-state index in [2.05, 4.69) is 9.88 Å². The highest BCUT2D eigenvalue weighted by Crippen LogP contribution is 2.25. The molecule has 2 N–H and O–H groups in total. The van der Waals surface area contributed by atoms with Crippen LogP contribution in [0.15, 0.2) is 18.3 Å². The van der Waals surface area contributed by atoms with Crippen molar-refractivity contribution >= 4 is 17.6 Å². The molecule has 6 nitrogen and oxygen atoms in total. The topological polar surface area (TPSA) is 79.5 Å². The van der Waals surface area contributed by atoms with Crippen LogP contribution in [0.2, 0.25) is 0 Å². The van der Waals surface area contributed by atoms with Gasteiger partial charge in [0.25, 0.3) is 5.91 Å². The molecular formula is C16H22N4O2. The number of hydrogen-bond acceptors (Lipinski definition) is 4. The van der Waals surface area contributed by atoms with E-state index < -0.39 is 0 Å². The van der Waals surface area contributed by atoms with Gasteiger partial charge in [-0.3, -0.25) is 9.59 Å². The Labute approximate surface area is 130 Å². The minimum absolute atomic E-state index is 0.0408. The first-order valence-electron chi connectivity index (χ1n) is 7.95. The molecule has 2 aliphatic rings. The first-order chi connectivity index (χ1) is 10.7. The van der Waals surface area contributed by atoms with Crippen LogP contribution in [0.1, 0.15) is 36.0 Å². The van der Waals surface area contributed by atoms with E-state index >= 15 is 0 Å². The smallest absolute Gasteiger partial charge is 0.257 e. The first kappa shape index (κ1) is 14.8. The van der Waals surface area contributed by atoms with Gasteiger partial charge in [0.1, 0.15) is 5.82 Å². The van der Waals surface area contributed by atoms with E-state index in [9.17, 15) is 9.59 Å². The number of rotatable bonds is 3. The van der Waals surface area contributed by atoms with Crippen LogP contribution in [0.4, 0.5) is 5.82 Å². The van der Waals surface area contributed by atoms with Crippen molar-refractivity contribution in [2.75, 3.05) is 31.1 Å². The molecule has 3 heterocycles. The summed E-state index contributed by atoms with van der Waals surface area (Å²) in [4.78, 5) is 32.6. The van der Waals surface area contributed by atoms with Gasteiger partial charge in [-0.05, 0) is 37.8 Å². The first-order valence-corrected chi connectivity index (χ1v) is 7.95. The average Bonchev–Trinajstić information content (AvgIpc) is 3.08. The van der Waals surface area contributed by atoms with E-state index in [0.29, 0.717) is 18.7 Å². The average molecular weight is 302 g/mol. The molecular weight excluding hydrogens is 280 g/mol. The maximum atomic E-state index is 12.9. The highest BCUT2D eigenvalue weighted by molar-refractivity contribution is 5.99. The molecule has 1 aromatic rings. The van der Waals surface area contributed by atoms with Crippen molar-refractivity contribution in [2.24, 2.45) is 11.7 Å². The van der Waals surface area contributed by atoms with Crippen LogP contribution in [-0.4, -0.2) is 47.9 Å². The van der Waals surface area contributed by atoms with E-state index in [1.807, 2.05) is 6.07 Å². The summed E-state index contributed by atoms with van der Waals surface area (Å²) in [5.74, 6) is 0.181. The predicted octanol–water partition coefficient (Wildman–Crippen LogP) is 1.02. The van der Waals surface area contributed by atoms with E-state index in [1.165, 1.54) is 0 Å². The highest BCUT2D eigenvalue weighted by atomic mass is 16.2. The number of aromatic nitrogens is 1. The zero-order chi connectivity index (χ0) is 15.5. The van der Waals surface area contributed by atoms with E-state index in [4.69, 9.17) is 5.73 Å². The lowest BCUT2D eigenvalue weighted by Gasteiger charge is -2.32. The second kappa shape index (κ2) is 6.34. The molecule has 6 heteroatoms. The number of hydrogen-bond donors (Lipinski definition) is 1. The Balaban J connectivity index is 1.81. The lowest BCUT2D eigenvalue weighted by atomic mass is 9.97. The molecule has 2 amide bonds. The van der Waals surface area contributed by atoms with Crippen molar-refractivity contribution in [1.29, 1.82) is 0 Å². The second-order valence-corrected chi connectivity index (χ2v) is 6.06. The van der Waals surface area contributed by atoms with Gasteiger partial charge in [-0.2, -0.15) is 0 Å². The zero-order valence-electron chi connectivity index (χ0n) is 12.7. The third-order valence-electron chi connectivity index (χ3n) is 4.53. The maximum Gasteiger partial charge on any atom is 0.257 e. The molecule has 1 aromatic heterocycles. The van der Waals surface area contributed by atoms with Crippen LogP contribution >= 0.6 is 0 Å². The molecule has 2 fully saturated rings. The van der Waals surface area contributed by atoms with Crippen LogP contribution < -0.4 is 10.6 Å². The molecule has 0 spiro atoms. The number of carbonyl (C=O) groups is 2. The normalized spacial score (nSPS) is 21.9. The summed E-state index contributed by atoms with van der Waals surface area (Å²) >= 11 is 0. The number of likely N-dealkylation sites (tertiary alicyclic amines) is 1. The SMILES string of the molecule is NC(=O)C1CCCN(C(=O)c2cccnc2N2CCCC2)C1. The van der Waals surface area contributed by atoms with Gasteiger partial charge < -0.3 is 15.5 Å². The lowest BCUT2D eigenvalue weighted by molar-refractivity contribution is -0.123. The molecule has 0 saturated carbocycles. The minimum atomic E-state index is -0.316. The van der Waals surface area contributed by atoms with Crippen LogP contribution in [0.3, 0.4) is 0 Å². The summed E-state index contributed by atoms with van der Waals surface area (Å²) in [7, 11) is 0. The number of anilines is 1. The summed E-state index contributed by atoms with van der Waals surface area (Å²) in [6, 6.07) is 3.62. The summed E-state index contributed by atoms with van der Waals surface area (Å²) < 4.78 is 0. The Morgan fingerprint density at radius 1 is 1.18 bits per heavy atom. The van der Waals surface area contributed by atoms with Crippen LogP contribution in [0, 0.1) is 5.92 Å².